The van der Waals surface area contributed by atoms with Crippen molar-refractivity contribution in [3.63, 3.8) is 0 Å². The third-order valence-electron chi connectivity index (χ3n) is 2.59. The second-order valence-corrected chi connectivity index (χ2v) is 3.59. The quantitative estimate of drug-likeness (QED) is 0.731. The smallest absolute Gasteiger partial charge is 0.169 e. The van der Waals surface area contributed by atoms with Crippen molar-refractivity contribution in [1.82, 2.24) is 0 Å². The topological polar surface area (TPSA) is 18.5 Å². The number of ether oxygens (including phenoxy) is 2. The lowest BCUT2D eigenvalue weighted by atomic mass is 10.3. The van der Waals surface area contributed by atoms with Crippen LogP contribution in [0.3, 0.4) is 0 Å². The molecule has 1 saturated carbocycles. The summed E-state index contributed by atoms with van der Waals surface area (Å²) in [6, 6.07) is 8.73. The van der Waals surface area contributed by atoms with Crippen molar-refractivity contribution >= 4 is 0 Å². The molecule has 1 fully saturated rings. The third-order valence-corrected chi connectivity index (χ3v) is 2.59. The minimum absolute atomic E-state index is 0.363. The first kappa shape index (κ1) is 9.38. The molecule has 1 aliphatic rings. The van der Waals surface area contributed by atoms with Crippen molar-refractivity contribution in [1.29, 1.82) is 0 Å². The lowest BCUT2D eigenvalue weighted by Crippen LogP contribution is -2.11. The Labute approximate surface area is 84.8 Å². The zero-order chi connectivity index (χ0) is 9.80. The van der Waals surface area contributed by atoms with Gasteiger partial charge in [-0.15, -0.1) is 0 Å². The molecule has 0 atom stereocenters. The third kappa shape index (κ3) is 2.00. The Morgan fingerprint density at radius 2 is 2.14 bits per heavy atom. The van der Waals surface area contributed by atoms with Gasteiger partial charge in [-0.05, 0) is 31.7 Å². The molecule has 1 aromatic carbocycles. The lowest BCUT2D eigenvalue weighted by Gasteiger charge is -2.14. The fourth-order valence-electron chi connectivity index (χ4n) is 1.83. The predicted molar refractivity (Wildman–Crippen MR) is 54.7 cm³/mol. The summed E-state index contributed by atoms with van der Waals surface area (Å²) in [5, 5.41) is 0. The van der Waals surface area contributed by atoms with Gasteiger partial charge in [0.05, 0.1) is 13.2 Å². The summed E-state index contributed by atoms with van der Waals surface area (Å²) in [5.41, 5.74) is 0. The minimum Gasteiger partial charge on any atom is -0.493 e. The van der Waals surface area contributed by atoms with Crippen molar-refractivity contribution < 1.29 is 9.47 Å². The number of methoxy groups -OCH3 is 1. The largest absolute Gasteiger partial charge is 0.493 e. The Bertz CT molecular complexity index is 290. The second-order valence-electron chi connectivity index (χ2n) is 3.59. The van der Waals surface area contributed by atoms with Crippen LogP contribution in [0, 0.1) is 6.07 Å². The Kier molecular flexibility index (Phi) is 2.92. The van der Waals surface area contributed by atoms with Gasteiger partial charge < -0.3 is 9.47 Å². The van der Waals surface area contributed by atoms with Crippen molar-refractivity contribution in [2.24, 2.45) is 0 Å². The summed E-state index contributed by atoms with van der Waals surface area (Å²) >= 11 is 0. The number of rotatable bonds is 3. The molecule has 0 amide bonds. The van der Waals surface area contributed by atoms with Gasteiger partial charge in [-0.25, -0.2) is 0 Å². The van der Waals surface area contributed by atoms with E-state index in [1.54, 1.807) is 7.11 Å². The van der Waals surface area contributed by atoms with Crippen molar-refractivity contribution in [3.8, 4) is 11.5 Å². The molecule has 1 aliphatic carbocycles. The molecule has 1 radical (unpaired) electrons. The molecule has 75 valence electrons. The highest BCUT2D eigenvalue weighted by atomic mass is 16.5. The van der Waals surface area contributed by atoms with Crippen LogP contribution in [0.2, 0.25) is 0 Å². The van der Waals surface area contributed by atoms with E-state index in [-0.39, 0.29) is 0 Å². The molecule has 0 N–H and O–H groups in total. The number of hydrogen-bond acceptors (Lipinski definition) is 2. The molecule has 0 unspecified atom stereocenters. The van der Waals surface area contributed by atoms with Gasteiger partial charge in [0.1, 0.15) is 0 Å². The standard InChI is InChI=1S/C12H15O2/c1-13-11-8-4-5-9-12(11)14-10-6-2-3-7-10/h4-5,8,10H,2-3,6-7H2,1H3. The molecule has 2 heteroatoms. The van der Waals surface area contributed by atoms with E-state index in [9.17, 15) is 0 Å². The Morgan fingerprint density at radius 3 is 2.86 bits per heavy atom. The highest BCUT2D eigenvalue weighted by Gasteiger charge is 2.17. The first-order valence-electron chi connectivity index (χ1n) is 5.11. The molecule has 0 bridgehead atoms. The molecule has 0 saturated heterocycles. The van der Waals surface area contributed by atoms with Crippen LogP contribution in [0.5, 0.6) is 11.5 Å². The molecule has 0 aromatic heterocycles. The summed E-state index contributed by atoms with van der Waals surface area (Å²) < 4.78 is 11.0. The van der Waals surface area contributed by atoms with Crippen molar-refractivity contribution in [3.05, 3.63) is 24.3 Å². The molecule has 2 nitrogen and oxygen atoms in total. The monoisotopic (exact) mass is 191 g/mol. The van der Waals surface area contributed by atoms with Gasteiger partial charge in [-0.1, -0.05) is 12.1 Å². The van der Waals surface area contributed by atoms with Gasteiger partial charge >= 0.3 is 0 Å². The average Bonchev–Trinajstić information content (AvgIpc) is 2.71. The van der Waals surface area contributed by atoms with Gasteiger partial charge in [-0.3, -0.25) is 0 Å². The molecule has 1 aromatic rings. The van der Waals surface area contributed by atoms with Crippen LogP contribution in [0.15, 0.2) is 18.2 Å². The van der Waals surface area contributed by atoms with Crippen LogP contribution < -0.4 is 9.47 Å². The molecular formula is C12H15O2. The zero-order valence-electron chi connectivity index (χ0n) is 8.45. The molecular weight excluding hydrogens is 176 g/mol. The van der Waals surface area contributed by atoms with Crippen molar-refractivity contribution in [2.45, 2.75) is 31.8 Å². The summed E-state index contributed by atoms with van der Waals surface area (Å²) in [6.45, 7) is 0. The molecule has 0 spiro atoms. The van der Waals surface area contributed by atoms with E-state index in [1.807, 2.05) is 18.2 Å². The molecule has 0 aliphatic heterocycles. The minimum atomic E-state index is 0.363. The van der Waals surface area contributed by atoms with Crippen molar-refractivity contribution in [2.75, 3.05) is 7.11 Å². The maximum absolute atomic E-state index is 5.82. The summed E-state index contributed by atoms with van der Waals surface area (Å²) in [5.74, 6) is 1.53. The fraction of sp³-hybridized carbons (Fsp3) is 0.500. The summed E-state index contributed by atoms with van der Waals surface area (Å²) in [4.78, 5) is 0. The van der Waals surface area contributed by atoms with E-state index < -0.39 is 0 Å². The van der Waals surface area contributed by atoms with E-state index in [0.29, 0.717) is 6.10 Å². The highest BCUT2D eigenvalue weighted by Crippen LogP contribution is 2.30. The Morgan fingerprint density at radius 1 is 1.36 bits per heavy atom. The van der Waals surface area contributed by atoms with Crippen LogP contribution in [0.1, 0.15) is 25.7 Å². The number of hydrogen-bond donors (Lipinski definition) is 0. The molecule has 14 heavy (non-hydrogen) atoms. The first-order valence-corrected chi connectivity index (χ1v) is 5.11. The van der Waals surface area contributed by atoms with Crippen LogP contribution >= 0.6 is 0 Å². The normalized spacial score (nSPS) is 16.9. The lowest BCUT2D eigenvalue weighted by molar-refractivity contribution is 0.200. The summed E-state index contributed by atoms with van der Waals surface area (Å²) in [7, 11) is 1.66. The van der Waals surface area contributed by atoms with Crippen LogP contribution in [-0.4, -0.2) is 13.2 Å². The average molecular weight is 191 g/mol. The number of para-hydroxylation sites is 1. The SMILES string of the molecule is COc1ccc[c]c1OC1CCCC1. The molecule has 0 heterocycles. The predicted octanol–water partition coefficient (Wildman–Crippen LogP) is 2.82. The van der Waals surface area contributed by atoms with Crippen LogP contribution in [-0.2, 0) is 0 Å². The van der Waals surface area contributed by atoms with Crippen LogP contribution in [0.4, 0.5) is 0 Å². The maximum Gasteiger partial charge on any atom is 0.169 e. The first-order chi connectivity index (χ1) is 6.90. The van der Waals surface area contributed by atoms with Gasteiger partial charge in [0.25, 0.3) is 0 Å². The fourth-order valence-corrected chi connectivity index (χ4v) is 1.83. The van der Waals surface area contributed by atoms with E-state index in [4.69, 9.17) is 9.47 Å². The molecule has 2 rings (SSSR count). The van der Waals surface area contributed by atoms with Gasteiger partial charge in [0, 0.05) is 6.07 Å². The maximum atomic E-state index is 5.82. The second kappa shape index (κ2) is 4.36. The Hall–Kier alpha value is -1.18. The van der Waals surface area contributed by atoms with Gasteiger partial charge in [0.15, 0.2) is 11.5 Å². The van der Waals surface area contributed by atoms with Gasteiger partial charge in [0.2, 0.25) is 0 Å². The van der Waals surface area contributed by atoms with Crippen LogP contribution in [0.25, 0.3) is 0 Å². The van der Waals surface area contributed by atoms with E-state index in [2.05, 4.69) is 6.07 Å². The zero-order valence-corrected chi connectivity index (χ0v) is 8.45. The summed E-state index contributed by atoms with van der Waals surface area (Å²) in [6.07, 6.45) is 5.24. The Balaban J connectivity index is 2.07. The van der Waals surface area contributed by atoms with E-state index in [0.717, 1.165) is 24.3 Å². The number of benzene rings is 1. The van der Waals surface area contributed by atoms with E-state index in [1.165, 1.54) is 12.8 Å². The highest BCUT2D eigenvalue weighted by molar-refractivity contribution is 5.38. The van der Waals surface area contributed by atoms with E-state index >= 15 is 0 Å². The van der Waals surface area contributed by atoms with Gasteiger partial charge in [-0.2, -0.15) is 0 Å².